The second-order valence-electron chi connectivity index (χ2n) is 8.19. The normalized spacial score (nSPS) is 16.6. The summed E-state index contributed by atoms with van der Waals surface area (Å²) in [6.45, 7) is 2.59. The van der Waals surface area contributed by atoms with Crippen LogP contribution in [0, 0.1) is 0 Å². The highest BCUT2D eigenvalue weighted by Crippen LogP contribution is 2.30. The van der Waals surface area contributed by atoms with Gasteiger partial charge in [-0.3, -0.25) is 4.79 Å². The molecule has 3 heterocycles. The summed E-state index contributed by atoms with van der Waals surface area (Å²) in [4.78, 5) is 17.8. The zero-order chi connectivity index (χ0) is 22.6. The summed E-state index contributed by atoms with van der Waals surface area (Å²) in [6.07, 6.45) is 5.03. The molecule has 2 aromatic carbocycles. The summed E-state index contributed by atoms with van der Waals surface area (Å²) in [5, 5.41) is 14.0. The van der Waals surface area contributed by atoms with E-state index < -0.39 is 0 Å². The third kappa shape index (κ3) is 4.43. The summed E-state index contributed by atoms with van der Waals surface area (Å²) in [6, 6.07) is 21.5. The lowest BCUT2D eigenvalue weighted by molar-refractivity contribution is -0.123. The van der Waals surface area contributed by atoms with Crippen LogP contribution in [-0.2, 0) is 4.79 Å². The fraction of sp³-hybridized carbons (Fsp3) is 0.192. The number of nitrogens with zero attached hydrogens (tertiary/aromatic N) is 2. The minimum atomic E-state index is -0.335. The van der Waals surface area contributed by atoms with Gasteiger partial charge in [0, 0.05) is 18.3 Å². The lowest BCUT2D eigenvalue weighted by Gasteiger charge is -2.34. The second-order valence-corrected chi connectivity index (χ2v) is 8.19. The van der Waals surface area contributed by atoms with Crippen LogP contribution in [0.4, 0.5) is 11.5 Å². The first-order valence-electron chi connectivity index (χ1n) is 11.0. The molecule has 7 nitrogen and oxygen atoms in total. The molecule has 0 fully saturated rings. The molecule has 0 bridgehead atoms. The Morgan fingerprint density at radius 3 is 2.73 bits per heavy atom. The van der Waals surface area contributed by atoms with Gasteiger partial charge in [0.05, 0.1) is 29.9 Å². The maximum Gasteiger partial charge on any atom is 0.227 e. The summed E-state index contributed by atoms with van der Waals surface area (Å²) >= 11 is 0. The Labute approximate surface area is 192 Å². The van der Waals surface area contributed by atoms with Crippen LogP contribution in [0.1, 0.15) is 30.0 Å². The number of amides is 1. The summed E-state index contributed by atoms with van der Waals surface area (Å²) in [5.41, 5.74) is 4.78. The molecule has 1 aliphatic heterocycles. The molecule has 0 radical (unpaired) electrons. The zero-order valence-electron chi connectivity index (χ0n) is 18.2. The van der Waals surface area contributed by atoms with Gasteiger partial charge in [-0.1, -0.05) is 59.8 Å². The Kier molecular flexibility index (Phi) is 5.76. The van der Waals surface area contributed by atoms with Crippen LogP contribution >= 0.6 is 0 Å². The average Bonchev–Trinajstić information content (AvgIpc) is 3.42. The van der Waals surface area contributed by atoms with Gasteiger partial charge >= 0.3 is 0 Å². The molecule has 33 heavy (non-hydrogen) atoms. The maximum atomic E-state index is 13.4. The molecule has 0 aliphatic carbocycles. The minimum absolute atomic E-state index is 0.0417. The van der Waals surface area contributed by atoms with Crippen molar-refractivity contribution in [3.8, 4) is 11.1 Å². The molecule has 4 aromatic rings. The lowest BCUT2D eigenvalue weighted by atomic mass is 9.94. The van der Waals surface area contributed by atoms with Gasteiger partial charge in [-0.15, -0.1) is 0 Å². The highest BCUT2D eigenvalue weighted by molar-refractivity contribution is 5.84. The van der Waals surface area contributed by atoms with Crippen LogP contribution in [0.5, 0.6) is 0 Å². The summed E-state index contributed by atoms with van der Waals surface area (Å²) < 4.78 is 4.96. The van der Waals surface area contributed by atoms with Crippen LogP contribution in [0.3, 0.4) is 0 Å². The number of nitrogens with one attached hydrogen (secondary N) is 3. The van der Waals surface area contributed by atoms with Crippen molar-refractivity contribution in [2.24, 2.45) is 0 Å². The highest BCUT2D eigenvalue weighted by atomic mass is 16.5. The number of aromatic nitrogens is 2. The zero-order valence-corrected chi connectivity index (χ0v) is 18.2. The van der Waals surface area contributed by atoms with E-state index >= 15 is 0 Å². The fourth-order valence-corrected chi connectivity index (χ4v) is 4.15. The largest absolute Gasteiger partial charge is 0.380 e. The first-order valence-corrected chi connectivity index (χ1v) is 11.0. The summed E-state index contributed by atoms with van der Waals surface area (Å²) in [5.74, 6) is 0.413. The number of rotatable bonds is 6. The fourth-order valence-electron chi connectivity index (χ4n) is 4.15. The van der Waals surface area contributed by atoms with Crippen molar-refractivity contribution in [1.82, 2.24) is 15.5 Å². The van der Waals surface area contributed by atoms with Crippen LogP contribution in [-0.4, -0.2) is 28.6 Å². The predicted molar refractivity (Wildman–Crippen MR) is 128 cm³/mol. The molecule has 3 atom stereocenters. The van der Waals surface area contributed by atoms with E-state index in [0.717, 1.165) is 33.8 Å². The Bertz CT molecular complexity index is 1230. The van der Waals surface area contributed by atoms with Gasteiger partial charge < -0.3 is 20.5 Å². The first-order chi connectivity index (χ1) is 16.2. The molecular weight excluding hydrogens is 414 g/mol. The quantitative estimate of drug-likeness (QED) is 0.407. The SMILES string of the molecule is C[C@@H](C(=O)N[C@H](c1ccccc1)[C@H]1CNc2cccnc2N1)c1cccc(-c2cnoc2)c1. The number of carbonyl (C=O) groups is 1. The first kappa shape index (κ1) is 20.8. The topological polar surface area (TPSA) is 92.1 Å². The Morgan fingerprint density at radius 2 is 1.91 bits per heavy atom. The standard InChI is InChI=1S/C26H25N5O2/c1-17(19-9-5-10-20(13-19)21-14-29-33-16-21)26(32)31-24(18-7-3-2-4-8-18)23-15-28-22-11-6-12-27-25(22)30-23/h2-14,16-17,23-24,28H,15H2,1H3,(H,27,30)(H,31,32)/t17-,23-,24-/m1/s1. The number of hydrogen-bond donors (Lipinski definition) is 3. The smallest absolute Gasteiger partial charge is 0.227 e. The molecule has 0 unspecified atom stereocenters. The highest BCUT2D eigenvalue weighted by Gasteiger charge is 2.30. The molecule has 0 saturated carbocycles. The molecule has 0 spiro atoms. The van der Waals surface area contributed by atoms with Crippen LogP contribution in [0.25, 0.3) is 11.1 Å². The second kappa shape index (κ2) is 9.16. The van der Waals surface area contributed by atoms with E-state index in [1.165, 1.54) is 0 Å². The minimum Gasteiger partial charge on any atom is -0.380 e. The van der Waals surface area contributed by atoms with Crippen molar-refractivity contribution in [3.05, 3.63) is 96.5 Å². The maximum absolute atomic E-state index is 13.4. The number of carbonyl (C=O) groups excluding carboxylic acids is 1. The Balaban J connectivity index is 1.38. The number of hydrogen-bond acceptors (Lipinski definition) is 6. The molecule has 2 aromatic heterocycles. The van der Waals surface area contributed by atoms with Gasteiger partial charge in [0.15, 0.2) is 0 Å². The van der Waals surface area contributed by atoms with Crippen molar-refractivity contribution in [2.75, 3.05) is 17.2 Å². The molecular formula is C26H25N5O2. The van der Waals surface area contributed by atoms with Crippen LogP contribution in [0.15, 0.2) is 89.9 Å². The van der Waals surface area contributed by atoms with Gasteiger partial charge in [0.2, 0.25) is 5.91 Å². The number of fused-ring (bicyclic) bond motifs is 1. The predicted octanol–water partition coefficient (Wildman–Crippen LogP) is 4.60. The van der Waals surface area contributed by atoms with E-state index in [9.17, 15) is 4.79 Å². The van der Waals surface area contributed by atoms with E-state index in [4.69, 9.17) is 4.52 Å². The molecule has 7 heteroatoms. The Hall–Kier alpha value is -4.13. The van der Waals surface area contributed by atoms with Crippen LogP contribution in [0.2, 0.25) is 0 Å². The number of anilines is 2. The van der Waals surface area contributed by atoms with Gasteiger partial charge in [-0.2, -0.15) is 0 Å². The van der Waals surface area contributed by atoms with Gasteiger partial charge in [0.25, 0.3) is 0 Å². The van der Waals surface area contributed by atoms with Crippen LogP contribution < -0.4 is 16.0 Å². The third-order valence-electron chi connectivity index (χ3n) is 6.05. The van der Waals surface area contributed by atoms with Crippen molar-refractivity contribution >= 4 is 17.4 Å². The van der Waals surface area contributed by atoms with Gasteiger partial charge in [-0.25, -0.2) is 4.98 Å². The molecule has 1 aliphatic rings. The molecule has 166 valence electrons. The van der Waals surface area contributed by atoms with E-state index in [1.807, 2.05) is 73.7 Å². The van der Waals surface area contributed by atoms with Crippen molar-refractivity contribution in [3.63, 3.8) is 0 Å². The van der Waals surface area contributed by atoms with Crippen molar-refractivity contribution < 1.29 is 9.32 Å². The third-order valence-corrected chi connectivity index (χ3v) is 6.05. The number of benzene rings is 2. The van der Waals surface area contributed by atoms with Crippen molar-refractivity contribution in [2.45, 2.75) is 24.9 Å². The van der Waals surface area contributed by atoms with E-state index in [1.54, 1.807) is 18.7 Å². The van der Waals surface area contributed by atoms with Gasteiger partial charge in [0.1, 0.15) is 12.1 Å². The molecule has 5 rings (SSSR count). The lowest BCUT2D eigenvalue weighted by Crippen LogP contribution is -2.46. The Morgan fingerprint density at radius 1 is 1.06 bits per heavy atom. The number of pyridine rings is 1. The summed E-state index contributed by atoms with van der Waals surface area (Å²) in [7, 11) is 0. The van der Waals surface area contributed by atoms with E-state index in [2.05, 4.69) is 26.1 Å². The average molecular weight is 440 g/mol. The molecule has 0 saturated heterocycles. The monoisotopic (exact) mass is 439 g/mol. The van der Waals surface area contributed by atoms with E-state index in [0.29, 0.717) is 6.54 Å². The molecule has 3 N–H and O–H groups in total. The molecule has 1 amide bonds. The van der Waals surface area contributed by atoms with E-state index in [-0.39, 0.29) is 23.9 Å². The van der Waals surface area contributed by atoms with Crippen molar-refractivity contribution in [1.29, 1.82) is 0 Å². The van der Waals surface area contributed by atoms with Gasteiger partial charge in [-0.05, 0) is 35.7 Å².